The molecule has 2 aliphatic carbocycles. The van der Waals surface area contributed by atoms with Crippen LogP contribution in [0.25, 0.3) is 10.9 Å². The van der Waals surface area contributed by atoms with Crippen LogP contribution in [0.1, 0.15) is 50.3 Å². The summed E-state index contributed by atoms with van der Waals surface area (Å²) in [6.45, 7) is 6.67. The van der Waals surface area contributed by atoms with Gasteiger partial charge in [-0.05, 0) is 60.8 Å². The number of fused-ring (bicyclic) bond motifs is 1. The van der Waals surface area contributed by atoms with Crippen molar-refractivity contribution in [3.8, 4) is 11.5 Å². The molecule has 2 aromatic carbocycles. The van der Waals surface area contributed by atoms with Crippen molar-refractivity contribution in [2.45, 2.75) is 52.0 Å². The molecule has 0 spiro atoms. The highest BCUT2D eigenvalue weighted by atomic mass is 16.5. The van der Waals surface area contributed by atoms with Crippen molar-refractivity contribution in [2.24, 2.45) is 11.3 Å². The summed E-state index contributed by atoms with van der Waals surface area (Å²) < 4.78 is 10.6. The van der Waals surface area contributed by atoms with Crippen LogP contribution in [0.3, 0.4) is 0 Å². The van der Waals surface area contributed by atoms with Crippen LogP contribution in [-0.4, -0.2) is 48.5 Å². The van der Waals surface area contributed by atoms with E-state index in [0.29, 0.717) is 29.5 Å². The Balaban J connectivity index is 1.28. The van der Waals surface area contributed by atoms with Crippen molar-refractivity contribution in [1.29, 1.82) is 0 Å². The van der Waals surface area contributed by atoms with Gasteiger partial charge >= 0.3 is 0 Å². The number of carbonyl (C=O) groups is 2. The Bertz CT molecular complexity index is 1310. The number of nitrogens with zero attached hydrogens (tertiary/aromatic N) is 1. The van der Waals surface area contributed by atoms with Gasteiger partial charge in [0.25, 0.3) is 0 Å². The number of benzene rings is 2. The predicted molar refractivity (Wildman–Crippen MR) is 141 cm³/mol. The molecule has 0 bridgehead atoms. The molecule has 190 valence electrons. The highest BCUT2D eigenvalue weighted by molar-refractivity contribution is 5.96. The van der Waals surface area contributed by atoms with Crippen LogP contribution in [0.4, 0.5) is 5.69 Å². The van der Waals surface area contributed by atoms with Crippen LogP contribution in [0.5, 0.6) is 11.5 Å². The molecule has 0 unspecified atom stereocenters. The van der Waals surface area contributed by atoms with E-state index in [1.54, 1.807) is 37.3 Å². The molecule has 2 N–H and O–H groups in total. The van der Waals surface area contributed by atoms with Crippen molar-refractivity contribution in [3.63, 3.8) is 0 Å². The van der Waals surface area contributed by atoms with E-state index in [2.05, 4.69) is 49.3 Å². The molecule has 2 fully saturated rings. The fourth-order valence-electron chi connectivity index (χ4n) is 5.76. The lowest BCUT2D eigenvalue weighted by Crippen LogP contribution is -2.40. The maximum absolute atomic E-state index is 13.5. The third-order valence-corrected chi connectivity index (χ3v) is 8.00. The number of anilines is 1. The predicted octanol–water partition coefficient (Wildman–Crippen LogP) is 5.25. The third-order valence-electron chi connectivity index (χ3n) is 8.00. The number of hydrogen-bond acceptors (Lipinski definition) is 4. The Morgan fingerprint density at radius 1 is 1.11 bits per heavy atom. The number of hydrogen-bond donors (Lipinski definition) is 2. The van der Waals surface area contributed by atoms with E-state index in [0.717, 1.165) is 18.4 Å². The van der Waals surface area contributed by atoms with E-state index in [9.17, 15) is 9.59 Å². The first kappa shape index (κ1) is 24.2. The van der Waals surface area contributed by atoms with Gasteiger partial charge in [0.15, 0.2) is 0 Å². The van der Waals surface area contributed by atoms with E-state index in [1.807, 2.05) is 6.07 Å². The van der Waals surface area contributed by atoms with Crippen LogP contribution in [0.15, 0.2) is 42.5 Å². The Morgan fingerprint density at radius 2 is 1.86 bits per heavy atom. The second-order valence-corrected chi connectivity index (χ2v) is 10.7. The number of amides is 2. The van der Waals surface area contributed by atoms with Crippen LogP contribution in [0, 0.1) is 18.3 Å². The summed E-state index contributed by atoms with van der Waals surface area (Å²) in [6.07, 6.45) is 2.35. The van der Waals surface area contributed by atoms with E-state index in [1.165, 1.54) is 16.6 Å². The Hall–Kier alpha value is -3.48. The smallest absolute Gasteiger partial charge is 0.244 e. The molecule has 1 heterocycles. The Labute approximate surface area is 212 Å². The van der Waals surface area contributed by atoms with Crippen molar-refractivity contribution < 1.29 is 19.1 Å². The lowest BCUT2D eigenvalue weighted by atomic mass is 10.0. The van der Waals surface area contributed by atoms with E-state index < -0.39 is 0 Å². The SMILES string of the molecule is COc1ccc(NC(=O)CN(C(=O)C[C@@H]2[C@@H](c3c(C)[nH]c4ccccc34)C2(C)C)C2CC2)c(OC)c1. The van der Waals surface area contributed by atoms with Crippen LogP contribution in [-0.2, 0) is 9.59 Å². The molecular formula is C29H35N3O4. The minimum absolute atomic E-state index is 0.0271. The number of aromatic nitrogens is 1. The zero-order valence-electron chi connectivity index (χ0n) is 21.7. The molecule has 2 aliphatic rings. The zero-order chi connectivity index (χ0) is 25.6. The molecule has 2 atom stereocenters. The van der Waals surface area contributed by atoms with Gasteiger partial charge in [-0.15, -0.1) is 0 Å². The highest BCUT2D eigenvalue weighted by Crippen LogP contribution is 2.67. The average Bonchev–Trinajstić information content (AvgIpc) is 3.75. The average molecular weight is 490 g/mol. The topological polar surface area (TPSA) is 83.7 Å². The molecule has 3 aromatic rings. The number of methoxy groups -OCH3 is 2. The maximum Gasteiger partial charge on any atom is 0.244 e. The first-order valence-corrected chi connectivity index (χ1v) is 12.6. The van der Waals surface area contributed by atoms with Crippen LogP contribution < -0.4 is 14.8 Å². The van der Waals surface area contributed by atoms with Gasteiger partial charge in [0.1, 0.15) is 18.0 Å². The summed E-state index contributed by atoms with van der Waals surface area (Å²) >= 11 is 0. The Kier molecular flexibility index (Phi) is 6.18. The summed E-state index contributed by atoms with van der Waals surface area (Å²) in [5.41, 5.74) is 4.23. The number of aryl methyl sites for hydroxylation is 1. The minimum atomic E-state index is -0.224. The van der Waals surface area contributed by atoms with Gasteiger partial charge < -0.3 is 24.7 Å². The second-order valence-electron chi connectivity index (χ2n) is 10.7. The highest BCUT2D eigenvalue weighted by Gasteiger charge is 2.60. The molecule has 2 saturated carbocycles. The first-order valence-electron chi connectivity index (χ1n) is 12.6. The molecular weight excluding hydrogens is 454 g/mol. The van der Waals surface area contributed by atoms with Gasteiger partial charge in [-0.25, -0.2) is 0 Å². The monoisotopic (exact) mass is 489 g/mol. The van der Waals surface area contributed by atoms with Crippen LogP contribution >= 0.6 is 0 Å². The summed E-state index contributed by atoms with van der Waals surface area (Å²) in [4.78, 5) is 31.8. The molecule has 2 amide bonds. The normalized spacial score (nSPS) is 20.1. The third kappa shape index (κ3) is 4.43. The molecule has 5 rings (SSSR count). The standard InChI is InChI=1S/C29H35N3O4/c1-17-27(20-8-6-7-9-22(20)30-17)28-21(29(28,2)3)15-26(34)32(18-10-11-18)16-25(33)31-23-13-12-19(35-4)14-24(23)36-5/h6-9,12-14,18,21,28,30H,10-11,15-16H2,1-5H3,(H,31,33)/t21-,28+/m1/s1. The number of H-pyrrole nitrogens is 1. The number of nitrogens with one attached hydrogen (secondary N) is 2. The van der Waals surface area contributed by atoms with E-state index in [4.69, 9.17) is 9.47 Å². The molecule has 1 aromatic heterocycles. The van der Waals surface area contributed by atoms with Gasteiger partial charge in [0.2, 0.25) is 11.8 Å². The van der Waals surface area contributed by atoms with Gasteiger partial charge in [0, 0.05) is 35.1 Å². The van der Waals surface area contributed by atoms with Gasteiger partial charge in [0.05, 0.1) is 19.9 Å². The number of aromatic amines is 1. The van der Waals surface area contributed by atoms with E-state index >= 15 is 0 Å². The van der Waals surface area contributed by atoms with Crippen molar-refractivity contribution in [3.05, 3.63) is 53.7 Å². The van der Waals surface area contributed by atoms with Crippen molar-refractivity contribution >= 4 is 28.4 Å². The van der Waals surface area contributed by atoms with Crippen molar-refractivity contribution in [2.75, 3.05) is 26.1 Å². The Morgan fingerprint density at radius 3 is 2.56 bits per heavy atom. The largest absolute Gasteiger partial charge is 0.497 e. The number of carbonyl (C=O) groups excluding carboxylic acids is 2. The fraction of sp³-hybridized carbons (Fsp3) is 0.448. The molecule has 0 radical (unpaired) electrons. The molecule has 36 heavy (non-hydrogen) atoms. The number of ether oxygens (including phenoxy) is 2. The zero-order valence-corrected chi connectivity index (χ0v) is 21.7. The molecule has 7 nitrogen and oxygen atoms in total. The summed E-state index contributed by atoms with van der Waals surface area (Å²) in [6, 6.07) is 13.8. The fourth-order valence-corrected chi connectivity index (χ4v) is 5.76. The second kappa shape index (κ2) is 9.19. The van der Waals surface area contributed by atoms with Gasteiger partial charge in [-0.2, -0.15) is 0 Å². The van der Waals surface area contributed by atoms with Gasteiger partial charge in [-0.3, -0.25) is 9.59 Å². The lowest BCUT2D eigenvalue weighted by Gasteiger charge is -2.22. The molecule has 0 aliphatic heterocycles. The quantitative estimate of drug-likeness (QED) is 0.430. The summed E-state index contributed by atoms with van der Waals surface area (Å²) in [7, 11) is 3.13. The molecule has 7 heteroatoms. The van der Waals surface area contributed by atoms with E-state index in [-0.39, 0.29) is 35.7 Å². The maximum atomic E-state index is 13.5. The van der Waals surface area contributed by atoms with Crippen molar-refractivity contribution in [1.82, 2.24) is 9.88 Å². The van der Waals surface area contributed by atoms with Crippen LogP contribution in [0.2, 0.25) is 0 Å². The minimum Gasteiger partial charge on any atom is -0.497 e. The lowest BCUT2D eigenvalue weighted by molar-refractivity contribution is -0.135. The number of rotatable bonds is 9. The first-order chi connectivity index (χ1) is 17.2. The summed E-state index contributed by atoms with van der Waals surface area (Å²) in [5.74, 6) is 1.56. The molecule has 0 saturated heterocycles. The number of para-hydroxylation sites is 1. The summed E-state index contributed by atoms with van der Waals surface area (Å²) in [5, 5.41) is 4.15. The van der Waals surface area contributed by atoms with Gasteiger partial charge in [-0.1, -0.05) is 32.0 Å².